The largest absolute Gasteiger partial charge is 0.241 e. The zero-order chi connectivity index (χ0) is 16.3. The average Bonchev–Trinajstić information content (AvgIpc) is 3.08. The molecule has 118 valence electrons. The lowest BCUT2D eigenvalue weighted by Gasteiger charge is -2.23. The molecule has 0 heterocycles. The summed E-state index contributed by atoms with van der Waals surface area (Å²) in [7, 11) is -3.58. The average molecular weight is 325 g/mol. The highest BCUT2D eigenvalue weighted by Gasteiger charge is 2.26. The number of benzene rings is 2. The van der Waals surface area contributed by atoms with Crippen LogP contribution >= 0.6 is 0 Å². The maximum atomic E-state index is 12.7. The van der Waals surface area contributed by atoms with Gasteiger partial charge >= 0.3 is 0 Å². The third-order valence-corrected chi connectivity index (χ3v) is 5.39. The van der Waals surface area contributed by atoms with Crippen LogP contribution in [0.25, 0.3) is 0 Å². The molecule has 1 N–H and O–H groups in total. The van der Waals surface area contributed by atoms with Crippen LogP contribution in [0.4, 0.5) is 0 Å². The first kappa shape index (κ1) is 15.7. The van der Waals surface area contributed by atoms with Crippen molar-refractivity contribution in [1.29, 1.82) is 0 Å². The molecule has 2 aromatic carbocycles. The van der Waals surface area contributed by atoms with Crippen molar-refractivity contribution in [2.45, 2.75) is 17.9 Å². The van der Waals surface area contributed by atoms with Gasteiger partial charge in [-0.05, 0) is 24.6 Å². The van der Waals surface area contributed by atoms with Crippen LogP contribution in [0.1, 0.15) is 17.2 Å². The number of nitrogens with one attached hydrogen (secondary N) is 1. The van der Waals surface area contributed by atoms with Gasteiger partial charge in [-0.2, -0.15) is 0 Å². The van der Waals surface area contributed by atoms with Crippen molar-refractivity contribution in [3.8, 4) is 0 Å². The number of aryl methyl sites for hydroxylation is 1. The van der Waals surface area contributed by atoms with Gasteiger partial charge in [-0.15, -0.1) is 0 Å². The minimum atomic E-state index is -3.58. The Labute approximate surface area is 137 Å². The van der Waals surface area contributed by atoms with Crippen molar-refractivity contribution < 1.29 is 8.42 Å². The van der Waals surface area contributed by atoms with Gasteiger partial charge in [-0.1, -0.05) is 72.3 Å². The van der Waals surface area contributed by atoms with E-state index >= 15 is 0 Å². The Morgan fingerprint density at radius 3 is 2.13 bits per heavy atom. The molecule has 1 atom stereocenters. The van der Waals surface area contributed by atoms with Gasteiger partial charge in [0.05, 0.1) is 10.9 Å². The van der Waals surface area contributed by atoms with Gasteiger partial charge in [0.1, 0.15) is 0 Å². The fourth-order valence-electron chi connectivity index (χ4n) is 2.65. The zero-order valence-electron chi connectivity index (χ0n) is 12.9. The van der Waals surface area contributed by atoms with E-state index < -0.39 is 10.0 Å². The van der Waals surface area contributed by atoms with E-state index in [1.54, 1.807) is 12.1 Å². The molecule has 0 spiro atoms. The lowest BCUT2D eigenvalue weighted by molar-refractivity contribution is 0.525. The highest BCUT2D eigenvalue weighted by Crippen LogP contribution is 2.29. The number of allylic oxidation sites excluding steroid dienone is 2. The van der Waals surface area contributed by atoms with Crippen molar-refractivity contribution in [3.05, 3.63) is 90.0 Å². The monoisotopic (exact) mass is 325 g/mol. The molecule has 1 aliphatic rings. The van der Waals surface area contributed by atoms with Crippen LogP contribution in [-0.2, 0) is 10.0 Å². The Kier molecular flexibility index (Phi) is 4.46. The molecule has 0 unspecified atom stereocenters. The fraction of sp³-hybridized carbons (Fsp3) is 0.158. The Balaban J connectivity index is 1.93. The molecule has 0 fully saturated rings. The van der Waals surface area contributed by atoms with Crippen LogP contribution in [0.3, 0.4) is 0 Å². The van der Waals surface area contributed by atoms with Gasteiger partial charge in [0, 0.05) is 5.92 Å². The first-order chi connectivity index (χ1) is 11.1. The van der Waals surface area contributed by atoms with Crippen LogP contribution in [-0.4, -0.2) is 8.42 Å². The minimum absolute atomic E-state index is 0.0117. The van der Waals surface area contributed by atoms with Gasteiger partial charge in [0.25, 0.3) is 0 Å². The summed E-state index contributed by atoms with van der Waals surface area (Å²) in [5.41, 5.74) is 1.98. The van der Waals surface area contributed by atoms with E-state index in [0.29, 0.717) is 0 Å². The summed E-state index contributed by atoms with van der Waals surface area (Å²) in [5.74, 6) is 0.0117. The molecule has 0 radical (unpaired) electrons. The molecule has 3 nitrogen and oxygen atoms in total. The summed E-state index contributed by atoms with van der Waals surface area (Å²) in [6.45, 7) is 1.94. The molecule has 4 heteroatoms. The summed E-state index contributed by atoms with van der Waals surface area (Å²) >= 11 is 0. The number of hydrogen-bond donors (Lipinski definition) is 1. The summed E-state index contributed by atoms with van der Waals surface area (Å²) in [6.07, 6.45) is 7.91. The van der Waals surface area contributed by atoms with Crippen LogP contribution in [0.2, 0.25) is 0 Å². The molecular formula is C19H19NO2S. The van der Waals surface area contributed by atoms with E-state index in [0.717, 1.165) is 11.1 Å². The van der Waals surface area contributed by atoms with Gasteiger partial charge in [0.15, 0.2) is 0 Å². The molecule has 3 rings (SSSR count). The second-order valence-corrected chi connectivity index (χ2v) is 7.38. The number of sulfonamides is 1. The fourth-order valence-corrected chi connectivity index (χ4v) is 3.91. The van der Waals surface area contributed by atoms with Crippen molar-refractivity contribution in [1.82, 2.24) is 4.72 Å². The van der Waals surface area contributed by atoms with E-state index in [1.807, 2.05) is 73.7 Å². The predicted octanol–water partition coefficient (Wildman–Crippen LogP) is 3.76. The minimum Gasteiger partial charge on any atom is -0.207 e. The third kappa shape index (κ3) is 3.60. The van der Waals surface area contributed by atoms with E-state index in [4.69, 9.17) is 0 Å². The van der Waals surface area contributed by atoms with Crippen LogP contribution < -0.4 is 4.72 Å². The molecule has 0 saturated heterocycles. The Hall–Kier alpha value is -2.17. The van der Waals surface area contributed by atoms with Crippen LogP contribution in [0, 0.1) is 12.8 Å². The molecule has 0 aromatic heterocycles. The SMILES string of the molecule is Cc1ccc(S(=O)(=O)N[C@@H](c2ccccc2)C2C=CC=C2)cc1. The number of hydrogen-bond acceptors (Lipinski definition) is 2. The highest BCUT2D eigenvalue weighted by atomic mass is 32.2. The summed E-state index contributed by atoms with van der Waals surface area (Å²) in [6, 6.07) is 16.2. The quantitative estimate of drug-likeness (QED) is 0.910. The van der Waals surface area contributed by atoms with Gasteiger partial charge < -0.3 is 0 Å². The van der Waals surface area contributed by atoms with Crippen molar-refractivity contribution in [3.63, 3.8) is 0 Å². The number of rotatable bonds is 5. The first-order valence-corrected chi connectivity index (χ1v) is 9.03. The van der Waals surface area contributed by atoms with Crippen LogP contribution in [0.5, 0.6) is 0 Å². The van der Waals surface area contributed by atoms with Crippen molar-refractivity contribution >= 4 is 10.0 Å². The van der Waals surface area contributed by atoms with E-state index in [2.05, 4.69) is 4.72 Å². The van der Waals surface area contributed by atoms with E-state index in [-0.39, 0.29) is 16.9 Å². The molecule has 23 heavy (non-hydrogen) atoms. The van der Waals surface area contributed by atoms with Crippen molar-refractivity contribution in [2.75, 3.05) is 0 Å². The van der Waals surface area contributed by atoms with E-state index in [1.165, 1.54) is 0 Å². The van der Waals surface area contributed by atoms with E-state index in [9.17, 15) is 8.42 Å². The third-order valence-electron chi connectivity index (χ3n) is 3.93. The Bertz CT molecular complexity index is 809. The second-order valence-electron chi connectivity index (χ2n) is 5.67. The highest BCUT2D eigenvalue weighted by molar-refractivity contribution is 7.89. The lowest BCUT2D eigenvalue weighted by Crippen LogP contribution is -2.32. The zero-order valence-corrected chi connectivity index (χ0v) is 13.7. The van der Waals surface area contributed by atoms with Crippen molar-refractivity contribution in [2.24, 2.45) is 5.92 Å². The molecule has 0 saturated carbocycles. The van der Waals surface area contributed by atoms with Crippen LogP contribution in [0.15, 0.2) is 83.8 Å². The molecular weight excluding hydrogens is 306 g/mol. The molecule has 0 bridgehead atoms. The predicted molar refractivity (Wildman–Crippen MR) is 92.5 cm³/mol. The first-order valence-electron chi connectivity index (χ1n) is 7.55. The Morgan fingerprint density at radius 1 is 0.913 bits per heavy atom. The Morgan fingerprint density at radius 2 is 1.52 bits per heavy atom. The second kappa shape index (κ2) is 6.52. The maximum absolute atomic E-state index is 12.7. The topological polar surface area (TPSA) is 46.2 Å². The summed E-state index contributed by atoms with van der Waals surface area (Å²) in [5, 5.41) is 0. The lowest BCUT2D eigenvalue weighted by atomic mass is 9.95. The smallest absolute Gasteiger partial charge is 0.207 e. The van der Waals surface area contributed by atoms with Gasteiger partial charge in [-0.3, -0.25) is 0 Å². The molecule has 0 aliphatic heterocycles. The standard InChI is InChI=1S/C19H19NO2S/c1-15-11-13-18(14-12-15)23(21,22)20-19(17-9-5-6-10-17)16-7-3-2-4-8-16/h2-14,17,19-20H,1H3/t19-/m0/s1. The molecule has 0 amide bonds. The normalized spacial score (nSPS) is 15.9. The molecule has 2 aromatic rings. The maximum Gasteiger partial charge on any atom is 0.241 e. The summed E-state index contributed by atoms with van der Waals surface area (Å²) in [4.78, 5) is 0.287. The van der Waals surface area contributed by atoms with Gasteiger partial charge in [0.2, 0.25) is 10.0 Å². The molecule has 1 aliphatic carbocycles. The van der Waals surface area contributed by atoms with Gasteiger partial charge in [-0.25, -0.2) is 13.1 Å². The summed E-state index contributed by atoms with van der Waals surface area (Å²) < 4.78 is 28.3.